The Morgan fingerprint density at radius 2 is 1.82 bits per heavy atom. The molecule has 0 saturated carbocycles. The number of rotatable bonds is 1. The third-order valence-corrected chi connectivity index (χ3v) is 5.85. The molecule has 0 radical (unpaired) electrons. The van der Waals surface area contributed by atoms with Crippen LogP contribution in [0.2, 0.25) is 0 Å². The molecule has 1 aromatic carbocycles. The molecule has 0 atom stereocenters. The molecule has 3 aliphatic heterocycles. The normalized spacial score (nSPS) is 25.7. The highest BCUT2D eigenvalue weighted by Gasteiger charge is 2.51. The van der Waals surface area contributed by atoms with Crippen LogP contribution in [0.15, 0.2) is 24.3 Å². The van der Waals surface area contributed by atoms with Crippen LogP contribution in [0, 0.1) is 0 Å². The summed E-state index contributed by atoms with van der Waals surface area (Å²) in [4.78, 5) is 17.4. The fourth-order valence-corrected chi connectivity index (χ4v) is 4.52. The lowest BCUT2D eigenvalue weighted by Gasteiger charge is -2.43. The Balaban J connectivity index is 1.56. The maximum atomic E-state index is 12.9. The second-order valence-electron chi connectivity index (χ2n) is 6.84. The summed E-state index contributed by atoms with van der Waals surface area (Å²) in [5.74, 6) is 0.292. The summed E-state index contributed by atoms with van der Waals surface area (Å²) in [6.45, 7) is 3.82. The van der Waals surface area contributed by atoms with E-state index in [1.807, 2.05) is 18.0 Å². The van der Waals surface area contributed by atoms with Gasteiger partial charge in [0.2, 0.25) is 5.91 Å². The second-order valence-corrected chi connectivity index (χ2v) is 6.84. The number of ether oxygens (including phenoxy) is 1. The van der Waals surface area contributed by atoms with Crippen molar-refractivity contribution in [2.75, 3.05) is 38.3 Å². The maximum absolute atomic E-state index is 12.9. The minimum absolute atomic E-state index is 0.271. The summed E-state index contributed by atoms with van der Waals surface area (Å²) >= 11 is 0. The number of para-hydroxylation sites is 1. The van der Waals surface area contributed by atoms with E-state index in [1.54, 1.807) is 0 Å². The number of fused-ring (bicyclic) bond motifs is 2. The standard InChI is InChI=1S/C18H24N2O2/c1-19-16-5-3-2-4-15(16)18(17(19)21)8-10-20(11-9-18)14-6-12-22-13-7-14/h2-5,14H,6-13H2,1H3. The first-order chi connectivity index (χ1) is 10.7. The van der Waals surface area contributed by atoms with Crippen molar-refractivity contribution in [2.45, 2.75) is 37.1 Å². The van der Waals surface area contributed by atoms with Crippen LogP contribution in [0.3, 0.4) is 0 Å². The lowest BCUT2D eigenvalue weighted by molar-refractivity contribution is -0.125. The molecule has 3 aliphatic rings. The molecule has 1 spiro atoms. The molecule has 1 aromatic rings. The molecule has 2 fully saturated rings. The third kappa shape index (κ3) is 2.01. The average molecular weight is 300 g/mol. The zero-order chi connectivity index (χ0) is 15.2. The highest BCUT2D eigenvalue weighted by Crippen LogP contribution is 2.47. The third-order valence-electron chi connectivity index (χ3n) is 5.85. The largest absolute Gasteiger partial charge is 0.381 e. The maximum Gasteiger partial charge on any atom is 0.237 e. The van der Waals surface area contributed by atoms with Crippen LogP contribution in [0.1, 0.15) is 31.2 Å². The molecule has 1 amide bonds. The topological polar surface area (TPSA) is 32.8 Å². The number of benzene rings is 1. The smallest absolute Gasteiger partial charge is 0.237 e. The molecule has 0 aliphatic carbocycles. The number of nitrogens with zero attached hydrogens (tertiary/aromatic N) is 2. The fourth-order valence-electron chi connectivity index (χ4n) is 4.52. The minimum Gasteiger partial charge on any atom is -0.381 e. The summed E-state index contributed by atoms with van der Waals surface area (Å²) in [5, 5.41) is 0. The fraction of sp³-hybridized carbons (Fsp3) is 0.611. The first-order valence-electron chi connectivity index (χ1n) is 8.42. The molecule has 4 nitrogen and oxygen atoms in total. The van der Waals surface area contributed by atoms with Crippen molar-refractivity contribution in [1.29, 1.82) is 0 Å². The number of carbonyl (C=O) groups is 1. The molecule has 0 unspecified atom stereocenters. The van der Waals surface area contributed by atoms with E-state index >= 15 is 0 Å². The van der Waals surface area contributed by atoms with Crippen molar-refractivity contribution in [1.82, 2.24) is 4.90 Å². The number of amides is 1. The number of likely N-dealkylation sites (N-methyl/N-ethyl adjacent to an activating group) is 1. The molecule has 3 heterocycles. The van der Waals surface area contributed by atoms with E-state index in [2.05, 4.69) is 23.1 Å². The first-order valence-corrected chi connectivity index (χ1v) is 8.42. The Labute approximate surface area is 132 Å². The summed E-state index contributed by atoms with van der Waals surface area (Å²) in [5.41, 5.74) is 2.08. The van der Waals surface area contributed by atoms with Crippen molar-refractivity contribution >= 4 is 11.6 Å². The van der Waals surface area contributed by atoms with Crippen molar-refractivity contribution in [2.24, 2.45) is 0 Å². The Morgan fingerprint density at radius 3 is 2.55 bits per heavy atom. The molecular formula is C18H24N2O2. The Kier molecular flexibility index (Phi) is 3.46. The predicted molar refractivity (Wildman–Crippen MR) is 86.2 cm³/mol. The highest BCUT2D eigenvalue weighted by molar-refractivity contribution is 6.07. The van der Waals surface area contributed by atoms with Crippen LogP contribution in [0.4, 0.5) is 5.69 Å². The van der Waals surface area contributed by atoms with E-state index in [0.29, 0.717) is 11.9 Å². The van der Waals surface area contributed by atoms with Gasteiger partial charge in [-0.2, -0.15) is 0 Å². The Hall–Kier alpha value is -1.39. The van der Waals surface area contributed by atoms with Crippen LogP contribution in [0.5, 0.6) is 0 Å². The molecule has 0 bridgehead atoms. The molecule has 2 saturated heterocycles. The van der Waals surface area contributed by atoms with Gasteiger partial charge in [0.25, 0.3) is 0 Å². The number of likely N-dealkylation sites (tertiary alicyclic amines) is 1. The van der Waals surface area contributed by atoms with Gasteiger partial charge in [0.15, 0.2) is 0 Å². The van der Waals surface area contributed by atoms with Gasteiger partial charge >= 0.3 is 0 Å². The molecule has 22 heavy (non-hydrogen) atoms. The Morgan fingerprint density at radius 1 is 1.14 bits per heavy atom. The van der Waals surface area contributed by atoms with Crippen LogP contribution >= 0.6 is 0 Å². The van der Waals surface area contributed by atoms with Crippen LogP contribution in [-0.2, 0) is 14.9 Å². The highest BCUT2D eigenvalue weighted by atomic mass is 16.5. The van der Waals surface area contributed by atoms with Crippen LogP contribution in [0.25, 0.3) is 0 Å². The van der Waals surface area contributed by atoms with Crippen LogP contribution < -0.4 is 4.90 Å². The number of piperidine rings is 1. The van der Waals surface area contributed by atoms with Gasteiger partial charge in [0, 0.05) is 32.0 Å². The number of hydrogen-bond donors (Lipinski definition) is 0. The van der Waals surface area contributed by atoms with E-state index in [4.69, 9.17) is 4.74 Å². The van der Waals surface area contributed by atoms with Gasteiger partial charge in [0.05, 0.1) is 5.41 Å². The number of carbonyl (C=O) groups excluding carboxylic acids is 1. The van der Waals surface area contributed by atoms with Crippen LogP contribution in [-0.4, -0.2) is 50.2 Å². The van der Waals surface area contributed by atoms with Crippen molar-refractivity contribution < 1.29 is 9.53 Å². The van der Waals surface area contributed by atoms with Gasteiger partial charge in [-0.1, -0.05) is 18.2 Å². The lowest BCUT2D eigenvalue weighted by Crippen LogP contribution is -2.51. The molecule has 4 heteroatoms. The zero-order valence-corrected chi connectivity index (χ0v) is 13.3. The summed E-state index contributed by atoms with van der Waals surface area (Å²) < 4.78 is 5.47. The molecule has 0 aromatic heterocycles. The van der Waals surface area contributed by atoms with Gasteiger partial charge in [-0.25, -0.2) is 0 Å². The van der Waals surface area contributed by atoms with E-state index in [-0.39, 0.29) is 5.41 Å². The lowest BCUT2D eigenvalue weighted by atomic mass is 9.73. The van der Waals surface area contributed by atoms with Gasteiger partial charge in [0.1, 0.15) is 0 Å². The number of hydrogen-bond acceptors (Lipinski definition) is 3. The van der Waals surface area contributed by atoms with Crippen molar-refractivity contribution in [3.63, 3.8) is 0 Å². The molecule has 4 rings (SSSR count). The van der Waals surface area contributed by atoms with E-state index < -0.39 is 0 Å². The minimum atomic E-state index is -0.271. The number of anilines is 1. The second kappa shape index (κ2) is 5.36. The van der Waals surface area contributed by atoms with Gasteiger partial charge in [-0.05, 0) is 50.4 Å². The van der Waals surface area contributed by atoms with E-state index in [9.17, 15) is 4.79 Å². The quantitative estimate of drug-likeness (QED) is 0.797. The Bertz CT molecular complexity index is 572. The van der Waals surface area contributed by atoms with E-state index in [0.717, 1.165) is 57.7 Å². The molecule has 118 valence electrons. The molecule has 0 N–H and O–H groups in total. The first kappa shape index (κ1) is 14.2. The molecular weight excluding hydrogens is 276 g/mol. The van der Waals surface area contributed by atoms with Crippen molar-refractivity contribution in [3.8, 4) is 0 Å². The average Bonchev–Trinajstić information content (AvgIpc) is 2.80. The summed E-state index contributed by atoms with van der Waals surface area (Å²) in [7, 11) is 1.92. The SMILES string of the molecule is CN1C(=O)C2(CCN(C3CCOCC3)CC2)c2ccccc21. The summed E-state index contributed by atoms with van der Waals surface area (Å²) in [6.07, 6.45) is 4.17. The monoisotopic (exact) mass is 300 g/mol. The van der Waals surface area contributed by atoms with Gasteiger partial charge in [-0.3, -0.25) is 4.79 Å². The van der Waals surface area contributed by atoms with E-state index in [1.165, 1.54) is 5.56 Å². The summed E-state index contributed by atoms with van der Waals surface area (Å²) in [6, 6.07) is 8.97. The predicted octanol–water partition coefficient (Wildman–Crippen LogP) is 2.18. The van der Waals surface area contributed by atoms with Gasteiger partial charge < -0.3 is 14.5 Å². The zero-order valence-electron chi connectivity index (χ0n) is 13.3. The van der Waals surface area contributed by atoms with Crippen molar-refractivity contribution in [3.05, 3.63) is 29.8 Å². The van der Waals surface area contributed by atoms with Gasteiger partial charge in [-0.15, -0.1) is 0 Å².